The number of anilines is 1. The third-order valence-electron chi connectivity index (χ3n) is 4.22. The average molecular weight is 467 g/mol. The predicted molar refractivity (Wildman–Crippen MR) is 118 cm³/mol. The molecule has 0 fully saturated rings. The number of thiazole rings is 1. The van der Waals surface area contributed by atoms with Crippen LogP contribution in [0.4, 0.5) is 5.13 Å². The van der Waals surface area contributed by atoms with E-state index in [1.807, 2.05) is 25.1 Å². The average Bonchev–Trinajstić information content (AvgIpc) is 3.00. The van der Waals surface area contributed by atoms with E-state index in [0.717, 1.165) is 26.8 Å². The molecular weight excluding hydrogens is 446 g/mol. The van der Waals surface area contributed by atoms with Crippen LogP contribution in [0.25, 0.3) is 10.2 Å². The van der Waals surface area contributed by atoms with Crippen LogP contribution in [-0.2, 0) is 0 Å². The SMILES string of the molecule is Cc1cc(C)c2nc(N(CCN(C)C)C(=O)c3cc(Br)ccc3Cl)sc2c1. The Hall–Kier alpha value is -1.47. The Morgan fingerprint density at radius 3 is 2.63 bits per heavy atom. The second kappa shape index (κ2) is 8.27. The van der Waals surface area contributed by atoms with Gasteiger partial charge in [0, 0.05) is 17.6 Å². The second-order valence-electron chi connectivity index (χ2n) is 6.81. The zero-order valence-electron chi connectivity index (χ0n) is 15.7. The standard InChI is InChI=1S/C20H21BrClN3OS/c1-12-9-13(2)18-17(10-12)27-20(23-18)25(8-7-24(3)4)19(26)15-11-14(21)5-6-16(15)22/h5-6,9-11H,7-8H2,1-4H3. The van der Waals surface area contributed by atoms with Crippen molar-refractivity contribution in [3.63, 3.8) is 0 Å². The number of halogens is 2. The van der Waals surface area contributed by atoms with Crippen molar-refractivity contribution < 1.29 is 4.79 Å². The number of rotatable bonds is 5. The Balaban J connectivity index is 2.07. The van der Waals surface area contributed by atoms with E-state index in [-0.39, 0.29) is 5.91 Å². The fourth-order valence-electron chi connectivity index (χ4n) is 2.87. The van der Waals surface area contributed by atoms with Crippen LogP contribution in [0.3, 0.4) is 0 Å². The van der Waals surface area contributed by atoms with Crippen LogP contribution in [0.15, 0.2) is 34.8 Å². The van der Waals surface area contributed by atoms with Gasteiger partial charge >= 0.3 is 0 Å². The van der Waals surface area contributed by atoms with Gasteiger partial charge in [-0.25, -0.2) is 4.98 Å². The number of aromatic nitrogens is 1. The lowest BCUT2D eigenvalue weighted by Gasteiger charge is -2.22. The minimum absolute atomic E-state index is 0.142. The second-order valence-corrected chi connectivity index (χ2v) is 9.14. The Bertz CT molecular complexity index is 1000. The highest BCUT2D eigenvalue weighted by Crippen LogP contribution is 2.33. The van der Waals surface area contributed by atoms with E-state index in [2.05, 4.69) is 41.9 Å². The van der Waals surface area contributed by atoms with Gasteiger partial charge in [0.2, 0.25) is 0 Å². The summed E-state index contributed by atoms with van der Waals surface area (Å²) in [6.45, 7) is 5.38. The summed E-state index contributed by atoms with van der Waals surface area (Å²) < 4.78 is 1.91. The molecule has 27 heavy (non-hydrogen) atoms. The summed E-state index contributed by atoms with van der Waals surface area (Å²) in [6, 6.07) is 9.55. The van der Waals surface area contributed by atoms with Gasteiger partial charge in [-0.2, -0.15) is 0 Å². The predicted octanol–water partition coefficient (Wildman–Crippen LogP) is 5.54. The maximum absolute atomic E-state index is 13.3. The number of carbonyl (C=O) groups is 1. The van der Waals surface area contributed by atoms with Crippen molar-refractivity contribution in [2.24, 2.45) is 0 Å². The van der Waals surface area contributed by atoms with Crippen LogP contribution in [0.1, 0.15) is 21.5 Å². The number of nitrogens with zero attached hydrogens (tertiary/aromatic N) is 3. The van der Waals surface area contributed by atoms with Crippen molar-refractivity contribution in [3.8, 4) is 0 Å². The van der Waals surface area contributed by atoms with Crippen LogP contribution in [0.2, 0.25) is 5.02 Å². The van der Waals surface area contributed by atoms with Crippen molar-refractivity contribution in [1.29, 1.82) is 0 Å². The fourth-order valence-corrected chi connectivity index (χ4v) is 4.59. The molecular formula is C20H21BrClN3OS. The first-order chi connectivity index (χ1) is 12.8. The van der Waals surface area contributed by atoms with Crippen molar-refractivity contribution in [2.75, 3.05) is 32.1 Å². The van der Waals surface area contributed by atoms with E-state index in [4.69, 9.17) is 16.6 Å². The molecule has 3 rings (SSSR count). The summed E-state index contributed by atoms with van der Waals surface area (Å²) in [5, 5.41) is 1.13. The molecule has 1 heterocycles. The minimum atomic E-state index is -0.142. The van der Waals surface area contributed by atoms with Gasteiger partial charge in [0.1, 0.15) is 0 Å². The molecule has 7 heteroatoms. The van der Waals surface area contributed by atoms with E-state index in [0.29, 0.717) is 22.3 Å². The Morgan fingerprint density at radius 1 is 1.19 bits per heavy atom. The summed E-state index contributed by atoms with van der Waals surface area (Å²) in [7, 11) is 3.97. The Morgan fingerprint density at radius 2 is 1.93 bits per heavy atom. The molecule has 1 aromatic heterocycles. The number of hydrogen-bond acceptors (Lipinski definition) is 4. The zero-order chi connectivity index (χ0) is 19.7. The number of likely N-dealkylation sites (N-methyl/N-ethyl adjacent to an activating group) is 1. The van der Waals surface area contributed by atoms with E-state index < -0.39 is 0 Å². The number of aryl methyl sites for hydroxylation is 2. The molecule has 0 spiro atoms. The Labute approximate surface area is 176 Å². The van der Waals surface area contributed by atoms with Crippen LogP contribution >= 0.6 is 38.9 Å². The molecule has 0 aliphatic carbocycles. The molecule has 4 nitrogen and oxygen atoms in total. The molecule has 142 valence electrons. The molecule has 0 saturated carbocycles. The first kappa shape index (κ1) is 20.3. The van der Waals surface area contributed by atoms with Gasteiger partial charge in [0.05, 0.1) is 20.8 Å². The molecule has 0 atom stereocenters. The van der Waals surface area contributed by atoms with Crippen molar-refractivity contribution in [2.45, 2.75) is 13.8 Å². The maximum atomic E-state index is 13.3. The van der Waals surface area contributed by atoms with Crippen molar-refractivity contribution in [3.05, 3.63) is 56.5 Å². The van der Waals surface area contributed by atoms with Gasteiger partial charge in [-0.1, -0.05) is 44.9 Å². The van der Waals surface area contributed by atoms with E-state index >= 15 is 0 Å². The maximum Gasteiger partial charge on any atom is 0.261 e. The highest BCUT2D eigenvalue weighted by Gasteiger charge is 2.24. The van der Waals surface area contributed by atoms with Gasteiger partial charge in [-0.05, 0) is 63.3 Å². The summed E-state index contributed by atoms with van der Waals surface area (Å²) in [5.41, 5.74) is 3.73. The van der Waals surface area contributed by atoms with E-state index in [1.165, 1.54) is 16.9 Å². The molecule has 0 radical (unpaired) electrons. The van der Waals surface area contributed by atoms with Crippen molar-refractivity contribution >= 4 is 60.1 Å². The largest absolute Gasteiger partial charge is 0.308 e. The molecule has 0 aliphatic rings. The topological polar surface area (TPSA) is 36.4 Å². The minimum Gasteiger partial charge on any atom is -0.308 e. The molecule has 1 amide bonds. The van der Waals surface area contributed by atoms with Crippen LogP contribution < -0.4 is 4.90 Å². The third-order valence-corrected chi connectivity index (χ3v) is 6.07. The lowest BCUT2D eigenvalue weighted by Crippen LogP contribution is -2.36. The normalized spacial score (nSPS) is 11.4. The number of hydrogen-bond donors (Lipinski definition) is 0. The third kappa shape index (κ3) is 4.51. The van der Waals surface area contributed by atoms with Crippen LogP contribution in [0.5, 0.6) is 0 Å². The molecule has 0 bridgehead atoms. The van der Waals surface area contributed by atoms with Crippen LogP contribution in [0, 0.1) is 13.8 Å². The molecule has 0 unspecified atom stereocenters. The lowest BCUT2D eigenvalue weighted by molar-refractivity contribution is 0.0985. The summed E-state index contributed by atoms with van der Waals surface area (Å²) in [4.78, 5) is 21.9. The van der Waals surface area contributed by atoms with Crippen LogP contribution in [-0.4, -0.2) is 43.0 Å². The van der Waals surface area contributed by atoms with E-state index in [9.17, 15) is 4.79 Å². The fraction of sp³-hybridized carbons (Fsp3) is 0.300. The first-order valence-corrected chi connectivity index (χ1v) is 10.5. The molecule has 0 N–H and O–H groups in total. The Kier molecular flexibility index (Phi) is 6.21. The molecule has 2 aromatic carbocycles. The molecule has 3 aromatic rings. The first-order valence-electron chi connectivity index (χ1n) is 8.55. The number of carbonyl (C=O) groups excluding carboxylic acids is 1. The van der Waals surface area contributed by atoms with Gasteiger partial charge in [-0.15, -0.1) is 0 Å². The molecule has 0 saturated heterocycles. The van der Waals surface area contributed by atoms with Gasteiger partial charge in [0.15, 0.2) is 5.13 Å². The lowest BCUT2D eigenvalue weighted by atomic mass is 10.1. The van der Waals surface area contributed by atoms with E-state index in [1.54, 1.807) is 17.0 Å². The van der Waals surface area contributed by atoms with Crippen molar-refractivity contribution in [1.82, 2.24) is 9.88 Å². The summed E-state index contributed by atoms with van der Waals surface area (Å²) in [6.07, 6.45) is 0. The highest BCUT2D eigenvalue weighted by molar-refractivity contribution is 9.10. The molecule has 0 aliphatic heterocycles. The summed E-state index contributed by atoms with van der Waals surface area (Å²) >= 11 is 11.3. The summed E-state index contributed by atoms with van der Waals surface area (Å²) in [5.74, 6) is -0.142. The zero-order valence-corrected chi connectivity index (χ0v) is 18.9. The van der Waals surface area contributed by atoms with Gasteiger partial charge in [-0.3, -0.25) is 9.69 Å². The number of fused-ring (bicyclic) bond motifs is 1. The number of benzene rings is 2. The highest BCUT2D eigenvalue weighted by atomic mass is 79.9. The van der Waals surface area contributed by atoms with Gasteiger partial charge in [0.25, 0.3) is 5.91 Å². The monoisotopic (exact) mass is 465 g/mol. The van der Waals surface area contributed by atoms with Gasteiger partial charge < -0.3 is 4.90 Å². The quantitative estimate of drug-likeness (QED) is 0.495. The number of amides is 1. The smallest absolute Gasteiger partial charge is 0.261 e.